The molecule has 1 aliphatic heterocycles. The van der Waals surface area contributed by atoms with Crippen molar-refractivity contribution < 1.29 is 29.3 Å². The number of aromatic nitrogens is 1. The van der Waals surface area contributed by atoms with Crippen molar-refractivity contribution in [3.8, 4) is 11.8 Å². The van der Waals surface area contributed by atoms with Crippen LogP contribution in [-0.4, -0.2) is 38.7 Å². The Balaban J connectivity index is 0.894. The molecule has 0 radical (unpaired) electrons. The minimum atomic E-state index is -0.539. The Morgan fingerprint density at radius 3 is 2.40 bits per heavy atom. The number of hydrogen-bond donors (Lipinski definition) is 2. The molecular formula is C45H60N2O6. The second-order valence-corrected chi connectivity index (χ2v) is 18.9. The first-order valence-electron chi connectivity index (χ1n) is 20.7. The fourth-order valence-corrected chi connectivity index (χ4v) is 13.0. The second kappa shape index (κ2) is 13.3. The van der Waals surface area contributed by atoms with Gasteiger partial charge < -0.3 is 14.9 Å². The summed E-state index contributed by atoms with van der Waals surface area (Å²) in [7, 11) is 1.56. The average molecular weight is 725 g/mol. The molecule has 286 valence electrons. The van der Waals surface area contributed by atoms with E-state index in [1.807, 2.05) is 0 Å². The van der Waals surface area contributed by atoms with Crippen LogP contribution in [-0.2, 0) is 27.8 Å². The van der Waals surface area contributed by atoms with Crippen molar-refractivity contribution in [1.29, 1.82) is 0 Å². The molecule has 6 aliphatic rings. The Bertz CT molecular complexity index is 1820. The molecule has 2 amide bonds. The van der Waals surface area contributed by atoms with Crippen molar-refractivity contribution >= 4 is 23.5 Å². The molecule has 1 aromatic carbocycles. The molecule has 5 aliphatic carbocycles. The third kappa shape index (κ3) is 5.78. The summed E-state index contributed by atoms with van der Waals surface area (Å²) in [5.74, 6) is 2.51. The van der Waals surface area contributed by atoms with Gasteiger partial charge >= 0.3 is 5.97 Å². The van der Waals surface area contributed by atoms with E-state index in [-0.39, 0.29) is 53.9 Å². The van der Waals surface area contributed by atoms with Gasteiger partial charge in [-0.25, -0.2) is 4.79 Å². The minimum absolute atomic E-state index is 0.0561. The molecule has 8 rings (SSSR count). The van der Waals surface area contributed by atoms with Crippen LogP contribution >= 0.6 is 0 Å². The van der Waals surface area contributed by atoms with Crippen LogP contribution in [0.15, 0.2) is 35.9 Å². The van der Waals surface area contributed by atoms with E-state index in [1.54, 1.807) is 31.3 Å². The number of anilines is 1. The summed E-state index contributed by atoms with van der Waals surface area (Å²) in [5, 5.41) is 21.0. The molecule has 0 spiro atoms. The van der Waals surface area contributed by atoms with Gasteiger partial charge in [0.2, 0.25) is 11.8 Å². The molecule has 2 aromatic rings. The molecule has 1 saturated heterocycles. The number of carbonyl (C=O) groups excluding carboxylic acids is 3. The molecule has 4 fully saturated rings. The van der Waals surface area contributed by atoms with Crippen molar-refractivity contribution in [1.82, 2.24) is 4.57 Å². The number of hydrogen-bond acceptors (Lipinski definition) is 6. The van der Waals surface area contributed by atoms with Gasteiger partial charge in [-0.2, -0.15) is 0 Å². The van der Waals surface area contributed by atoms with E-state index in [1.165, 1.54) is 60.0 Å². The normalized spacial score (nSPS) is 35.3. The predicted octanol–water partition coefficient (Wildman–Crippen LogP) is 9.22. The van der Waals surface area contributed by atoms with Crippen LogP contribution < -0.4 is 4.90 Å². The number of benzene rings is 1. The van der Waals surface area contributed by atoms with Crippen LogP contribution in [0, 0.1) is 52.3 Å². The van der Waals surface area contributed by atoms with Crippen LogP contribution in [0.2, 0.25) is 0 Å². The van der Waals surface area contributed by atoms with E-state index in [4.69, 9.17) is 4.74 Å². The summed E-state index contributed by atoms with van der Waals surface area (Å²) in [6.45, 7) is 12.4. The third-order valence-corrected chi connectivity index (χ3v) is 15.8. The molecule has 8 nitrogen and oxygen atoms in total. The van der Waals surface area contributed by atoms with E-state index in [0.717, 1.165) is 55.3 Å². The van der Waals surface area contributed by atoms with Gasteiger partial charge in [-0.3, -0.25) is 19.1 Å². The molecule has 2 N–H and O–H groups in total. The van der Waals surface area contributed by atoms with Gasteiger partial charge in [-0.05, 0) is 122 Å². The molecule has 2 heterocycles. The molecule has 8 heteroatoms. The summed E-state index contributed by atoms with van der Waals surface area (Å²) < 4.78 is 7.44. The van der Waals surface area contributed by atoms with Crippen LogP contribution in [0.4, 0.5) is 5.69 Å². The van der Waals surface area contributed by atoms with E-state index in [2.05, 4.69) is 40.7 Å². The Morgan fingerprint density at radius 2 is 1.66 bits per heavy atom. The zero-order chi connectivity index (χ0) is 37.6. The topological polar surface area (TPSA) is 109 Å². The lowest BCUT2D eigenvalue weighted by molar-refractivity contribution is -0.132. The summed E-state index contributed by atoms with van der Waals surface area (Å²) in [6, 6.07) is 6.56. The first-order valence-corrected chi connectivity index (χ1v) is 20.7. The van der Waals surface area contributed by atoms with Crippen LogP contribution in [0.5, 0.6) is 11.8 Å². The molecule has 10 atom stereocenters. The fraction of sp³-hybridized carbons (Fsp3) is 0.667. The number of imide groups is 1. The third-order valence-electron chi connectivity index (χ3n) is 15.8. The lowest BCUT2D eigenvalue weighted by Crippen LogP contribution is -2.51. The van der Waals surface area contributed by atoms with E-state index < -0.39 is 11.8 Å². The highest BCUT2D eigenvalue weighted by atomic mass is 16.5. The Morgan fingerprint density at radius 1 is 0.906 bits per heavy atom. The molecule has 3 saturated carbocycles. The van der Waals surface area contributed by atoms with Crippen molar-refractivity contribution in [2.24, 2.45) is 59.3 Å². The molecule has 1 aromatic heterocycles. The average Bonchev–Trinajstić information content (AvgIpc) is 3.75. The largest absolute Gasteiger partial charge is 0.494 e. The number of allylic oxidation sites excluding steroid dienone is 1. The van der Waals surface area contributed by atoms with Gasteiger partial charge in [0.15, 0.2) is 11.8 Å². The van der Waals surface area contributed by atoms with Crippen molar-refractivity contribution in [3.63, 3.8) is 0 Å². The quantitative estimate of drug-likeness (QED) is 0.160. The number of fused-ring (bicyclic) bond motifs is 8. The van der Waals surface area contributed by atoms with E-state index in [0.29, 0.717) is 33.7 Å². The highest BCUT2D eigenvalue weighted by molar-refractivity contribution is 6.18. The van der Waals surface area contributed by atoms with Gasteiger partial charge in [0, 0.05) is 36.9 Å². The van der Waals surface area contributed by atoms with Gasteiger partial charge in [0.25, 0.3) is 0 Å². The lowest BCUT2D eigenvalue weighted by atomic mass is 9.47. The number of esters is 1. The number of nitrogens with zero attached hydrogens (tertiary/aromatic N) is 2. The fourth-order valence-electron chi connectivity index (χ4n) is 13.0. The lowest BCUT2D eigenvalue weighted by Gasteiger charge is -2.58. The second-order valence-electron chi connectivity index (χ2n) is 18.9. The molecule has 10 unspecified atom stereocenters. The number of piperidine rings is 1. The molecule has 53 heavy (non-hydrogen) atoms. The van der Waals surface area contributed by atoms with Crippen LogP contribution in [0.3, 0.4) is 0 Å². The summed E-state index contributed by atoms with van der Waals surface area (Å²) in [5.41, 5.74) is 4.00. The zero-order valence-electron chi connectivity index (χ0n) is 32.7. The molecular weight excluding hydrogens is 665 g/mol. The number of carbonyl (C=O) groups is 3. The Kier molecular flexibility index (Phi) is 9.16. The maximum atomic E-state index is 13.6. The first kappa shape index (κ1) is 36.4. The number of rotatable bonds is 8. The summed E-state index contributed by atoms with van der Waals surface area (Å²) in [6.07, 6.45) is 16.1. The van der Waals surface area contributed by atoms with E-state index >= 15 is 0 Å². The van der Waals surface area contributed by atoms with Crippen molar-refractivity contribution in [2.45, 2.75) is 130 Å². The minimum Gasteiger partial charge on any atom is -0.494 e. The summed E-state index contributed by atoms with van der Waals surface area (Å²) >= 11 is 0. The predicted molar refractivity (Wildman–Crippen MR) is 204 cm³/mol. The number of ether oxygens (including phenoxy) is 1. The van der Waals surface area contributed by atoms with Gasteiger partial charge in [0.1, 0.15) is 6.10 Å². The number of aromatic hydroxyl groups is 2. The molecule has 0 bridgehead atoms. The van der Waals surface area contributed by atoms with E-state index in [9.17, 15) is 24.6 Å². The maximum Gasteiger partial charge on any atom is 0.338 e. The van der Waals surface area contributed by atoms with Gasteiger partial charge in [-0.15, -0.1) is 0 Å². The van der Waals surface area contributed by atoms with Crippen LogP contribution in [0.25, 0.3) is 0 Å². The standard InChI is InChI=1S/C45H60N2O6/c1-25(2)8-7-9-26(3)35-16-17-36-31-15-12-28-22-30(18-20-44(28,4)37(31)19-21-45(35,36)5)53-43(52)27-10-13-29(14-11-27)47-38(48)24-32-33(41(47)50)23-34-39(32)42(51)46(6)40(34)49/h10-14,25-26,30-33,35-37,49,51H,7-9,15-24H2,1-6H3. The Hall–Kier alpha value is -3.55. The Labute approximate surface area is 315 Å². The van der Waals surface area contributed by atoms with Gasteiger partial charge in [-0.1, -0.05) is 65.5 Å². The highest BCUT2D eigenvalue weighted by Crippen LogP contribution is 2.67. The van der Waals surface area contributed by atoms with Gasteiger partial charge in [0.05, 0.1) is 17.2 Å². The highest BCUT2D eigenvalue weighted by Gasteiger charge is 2.59. The van der Waals surface area contributed by atoms with Crippen molar-refractivity contribution in [3.05, 3.63) is 52.6 Å². The smallest absolute Gasteiger partial charge is 0.338 e. The summed E-state index contributed by atoms with van der Waals surface area (Å²) in [4.78, 5) is 41.5. The van der Waals surface area contributed by atoms with Crippen LogP contribution in [0.1, 0.15) is 139 Å². The monoisotopic (exact) mass is 724 g/mol. The SMILES string of the molecule is CC(C)CCCC(C)C1CCC2C3CC=C4CC(OC(=O)c5ccc(N6C(=O)CC7c8c(c(O)n(C)c8O)CC7C6=O)cc5)CCC4(C)C3CCC12C. The number of amides is 2. The maximum absolute atomic E-state index is 13.6. The first-order chi connectivity index (χ1) is 25.2. The van der Waals surface area contributed by atoms with Crippen molar-refractivity contribution in [2.75, 3.05) is 4.90 Å². The zero-order valence-corrected chi connectivity index (χ0v) is 32.7.